The van der Waals surface area contributed by atoms with Crippen LogP contribution in [0.5, 0.6) is 5.75 Å². The van der Waals surface area contributed by atoms with Crippen molar-refractivity contribution in [3.8, 4) is 17.3 Å². The molecule has 5 aromatic rings. The third-order valence-corrected chi connectivity index (χ3v) is 5.96. The van der Waals surface area contributed by atoms with Gasteiger partial charge < -0.3 is 14.5 Å². The van der Waals surface area contributed by atoms with E-state index in [0.29, 0.717) is 29.0 Å². The molecule has 37 heavy (non-hydrogen) atoms. The Bertz CT molecular complexity index is 1600. The molecule has 1 amide bonds. The van der Waals surface area contributed by atoms with E-state index in [9.17, 15) is 9.59 Å². The van der Waals surface area contributed by atoms with Crippen LogP contribution in [0.15, 0.2) is 75.9 Å². The first-order chi connectivity index (χ1) is 18.0. The van der Waals surface area contributed by atoms with Gasteiger partial charge in [0, 0.05) is 16.7 Å². The third-order valence-electron chi connectivity index (χ3n) is 5.71. The Kier molecular flexibility index (Phi) is 6.96. The Morgan fingerprint density at radius 3 is 2.59 bits per heavy atom. The second-order valence-electron chi connectivity index (χ2n) is 8.47. The molecule has 0 spiro atoms. The first kappa shape index (κ1) is 24.2. The minimum atomic E-state index is -0.351. The second-order valence-corrected chi connectivity index (χ2v) is 8.91. The highest BCUT2D eigenvalue weighted by Crippen LogP contribution is 2.27. The number of carbonyl (C=O) groups excluding carboxylic acids is 1. The predicted molar refractivity (Wildman–Crippen MR) is 140 cm³/mol. The lowest BCUT2D eigenvalue weighted by molar-refractivity contribution is 0.102. The number of aromatic nitrogens is 4. The molecule has 0 radical (unpaired) electrons. The summed E-state index contributed by atoms with van der Waals surface area (Å²) in [6, 6.07) is 19.4. The number of aryl methyl sites for hydroxylation is 2. The van der Waals surface area contributed by atoms with Crippen LogP contribution in [0, 0.1) is 6.92 Å². The highest BCUT2D eigenvalue weighted by Gasteiger charge is 2.16. The number of ether oxygens (including phenoxy) is 1. The Labute approximate surface area is 216 Å². The molecule has 5 rings (SSSR count). The maximum atomic E-state index is 13.0. The molecule has 0 aliphatic carbocycles. The van der Waals surface area contributed by atoms with Gasteiger partial charge in [0.2, 0.25) is 5.82 Å². The highest BCUT2D eigenvalue weighted by molar-refractivity contribution is 6.30. The molecule has 9 nitrogen and oxygen atoms in total. The van der Waals surface area contributed by atoms with Crippen LogP contribution in [-0.4, -0.2) is 33.1 Å². The molecule has 0 fully saturated rings. The van der Waals surface area contributed by atoms with Crippen LogP contribution in [0.25, 0.3) is 22.6 Å². The zero-order valence-corrected chi connectivity index (χ0v) is 20.6. The molecule has 0 unspecified atom stereocenters. The number of amides is 1. The van der Waals surface area contributed by atoms with Crippen molar-refractivity contribution >= 4 is 34.2 Å². The van der Waals surface area contributed by atoms with E-state index >= 15 is 0 Å². The lowest BCUT2D eigenvalue weighted by Crippen LogP contribution is -2.13. The number of rotatable bonds is 8. The van der Waals surface area contributed by atoms with Crippen molar-refractivity contribution in [2.24, 2.45) is 0 Å². The molecule has 3 aromatic carbocycles. The smallest absolute Gasteiger partial charge is 0.255 e. The fourth-order valence-corrected chi connectivity index (χ4v) is 4.02. The largest absolute Gasteiger partial charge is 0.494 e. The van der Waals surface area contributed by atoms with Crippen molar-refractivity contribution in [1.82, 2.24) is 20.6 Å². The molecular formula is C27H22ClN5O4. The van der Waals surface area contributed by atoms with Crippen molar-refractivity contribution in [2.45, 2.75) is 19.8 Å². The molecule has 0 saturated carbocycles. The lowest BCUT2D eigenvalue weighted by atomic mass is 10.1. The van der Waals surface area contributed by atoms with Crippen LogP contribution >= 0.6 is 11.6 Å². The highest BCUT2D eigenvalue weighted by atomic mass is 35.5. The lowest BCUT2D eigenvalue weighted by Gasteiger charge is -2.11. The van der Waals surface area contributed by atoms with E-state index in [1.54, 1.807) is 36.4 Å². The van der Waals surface area contributed by atoms with Crippen molar-refractivity contribution in [3.05, 3.63) is 98.7 Å². The molecule has 0 saturated heterocycles. The number of halogens is 1. The number of nitrogens with zero attached hydrogens (tertiary/aromatic N) is 3. The van der Waals surface area contributed by atoms with Crippen LogP contribution in [-0.2, 0) is 6.42 Å². The number of nitrogens with one attached hydrogen (secondary N) is 2. The van der Waals surface area contributed by atoms with E-state index in [2.05, 4.69) is 25.9 Å². The number of fused-ring (bicyclic) bond motifs is 1. The zero-order chi connectivity index (χ0) is 25.8. The van der Waals surface area contributed by atoms with Crippen molar-refractivity contribution in [3.63, 3.8) is 0 Å². The fourth-order valence-electron chi connectivity index (χ4n) is 3.89. The van der Waals surface area contributed by atoms with E-state index in [0.717, 1.165) is 23.4 Å². The number of anilines is 1. The summed E-state index contributed by atoms with van der Waals surface area (Å²) in [4.78, 5) is 25.7. The molecule has 0 bridgehead atoms. The molecule has 0 atom stereocenters. The number of benzene rings is 3. The number of hydrogen-bond donors (Lipinski definition) is 2. The van der Waals surface area contributed by atoms with Crippen LogP contribution in [0.3, 0.4) is 0 Å². The van der Waals surface area contributed by atoms with Gasteiger partial charge >= 0.3 is 0 Å². The quantitative estimate of drug-likeness (QED) is 0.272. The standard InChI is InChI=1S/C27H22ClN5O4/c1-16-13-21-23(34)15-24(26-30-32-33-31-26)37-25(21)22(14-16)29-27(35)18-6-10-20(11-7-18)36-12-2-3-17-4-8-19(28)9-5-17/h4-11,13-15H,2-3,12H2,1H3,(H,29,35)(H,30,31,32,33). The van der Waals surface area contributed by atoms with Gasteiger partial charge in [-0.25, -0.2) is 5.10 Å². The van der Waals surface area contributed by atoms with Gasteiger partial charge in [-0.1, -0.05) is 23.7 Å². The Hall–Kier alpha value is -4.50. The molecular weight excluding hydrogens is 494 g/mol. The summed E-state index contributed by atoms with van der Waals surface area (Å²) in [5, 5.41) is 17.3. The first-order valence-corrected chi connectivity index (χ1v) is 12.0. The van der Waals surface area contributed by atoms with Gasteiger partial charge in [0.1, 0.15) is 5.75 Å². The summed E-state index contributed by atoms with van der Waals surface area (Å²) >= 11 is 5.92. The summed E-state index contributed by atoms with van der Waals surface area (Å²) in [5.41, 5.74) is 2.76. The zero-order valence-electron chi connectivity index (χ0n) is 19.8. The Balaban J connectivity index is 1.27. The molecule has 0 aliphatic rings. The Morgan fingerprint density at radius 2 is 1.86 bits per heavy atom. The van der Waals surface area contributed by atoms with Gasteiger partial charge in [-0.05, 0) is 89.8 Å². The summed E-state index contributed by atoms with van der Waals surface area (Å²) in [5.74, 6) is 0.695. The van der Waals surface area contributed by atoms with Crippen LogP contribution < -0.4 is 15.5 Å². The van der Waals surface area contributed by atoms with Gasteiger partial charge in [0.15, 0.2) is 16.8 Å². The van der Waals surface area contributed by atoms with E-state index in [1.807, 2.05) is 31.2 Å². The molecule has 10 heteroatoms. The summed E-state index contributed by atoms with van der Waals surface area (Å²) in [6.45, 7) is 2.38. The van der Waals surface area contributed by atoms with Gasteiger partial charge in [0.25, 0.3) is 5.91 Å². The SMILES string of the molecule is Cc1cc(NC(=O)c2ccc(OCCCc3ccc(Cl)cc3)cc2)c2oc(-c3nnn[nH]3)cc(=O)c2c1. The minimum absolute atomic E-state index is 0.166. The summed E-state index contributed by atoms with van der Waals surface area (Å²) < 4.78 is 11.7. The Morgan fingerprint density at radius 1 is 1.08 bits per heavy atom. The number of aromatic amines is 1. The normalized spacial score (nSPS) is 11.0. The minimum Gasteiger partial charge on any atom is -0.494 e. The van der Waals surface area contributed by atoms with Gasteiger partial charge in [-0.15, -0.1) is 5.10 Å². The maximum absolute atomic E-state index is 13.0. The van der Waals surface area contributed by atoms with E-state index in [4.69, 9.17) is 20.8 Å². The van der Waals surface area contributed by atoms with E-state index in [-0.39, 0.29) is 28.5 Å². The average Bonchev–Trinajstić information content (AvgIpc) is 3.44. The second kappa shape index (κ2) is 10.6. The van der Waals surface area contributed by atoms with Gasteiger partial charge in [0.05, 0.1) is 17.7 Å². The van der Waals surface area contributed by atoms with Crippen molar-refractivity contribution in [2.75, 3.05) is 11.9 Å². The predicted octanol–water partition coefficient (Wildman–Crippen LogP) is 5.20. The van der Waals surface area contributed by atoms with Crippen LogP contribution in [0.2, 0.25) is 5.02 Å². The molecule has 2 N–H and O–H groups in total. The van der Waals surface area contributed by atoms with E-state index < -0.39 is 0 Å². The number of carbonyl (C=O) groups is 1. The fraction of sp³-hybridized carbons (Fsp3) is 0.148. The molecule has 2 aromatic heterocycles. The topological polar surface area (TPSA) is 123 Å². The number of tetrazole rings is 1. The van der Waals surface area contributed by atoms with Crippen molar-refractivity contribution < 1.29 is 13.9 Å². The summed E-state index contributed by atoms with van der Waals surface area (Å²) in [6.07, 6.45) is 1.73. The van der Waals surface area contributed by atoms with Crippen molar-refractivity contribution in [1.29, 1.82) is 0 Å². The van der Waals surface area contributed by atoms with Crippen LogP contribution in [0.4, 0.5) is 5.69 Å². The first-order valence-electron chi connectivity index (χ1n) is 11.6. The number of hydrogen-bond acceptors (Lipinski definition) is 7. The van der Waals surface area contributed by atoms with Gasteiger partial charge in [-0.2, -0.15) is 0 Å². The monoisotopic (exact) mass is 515 g/mol. The summed E-state index contributed by atoms with van der Waals surface area (Å²) in [7, 11) is 0. The third kappa shape index (κ3) is 5.68. The average molecular weight is 516 g/mol. The molecule has 186 valence electrons. The molecule has 2 heterocycles. The number of H-pyrrole nitrogens is 1. The molecule has 0 aliphatic heterocycles. The van der Waals surface area contributed by atoms with Crippen LogP contribution in [0.1, 0.15) is 27.9 Å². The van der Waals surface area contributed by atoms with E-state index in [1.165, 1.54) is 11.6 Å². The maximum Gasteiger partial charge on any atom is 0.255 e. The van der Waals surface area contributed by atoms with Gasteiger partial charge in [-0.3, -0.25) is 9.59 Å².